The Hall–Kier alpha value is -3.01. The van der Waals surface area contributed by atoms with Crippen LogP contribution in [0.3, 0.4) is 0 Å². The molecule has 4 rings (SSSR count). The second-order valence-corrected chi connectivity index (χ2v) is 4.78. The van der Waals surface area contributed by atoms with Gasteiger partial charge >= 0.3 is 0 Å². The van der Waals surface area contributed by atoms with E-state index in [-0.39, 0.29) is 0 Å². The number of hydrogen-bond acceptors (Lipinski definition) is 3. The van der Waals surface area contributed by atoms with Gasteiger partial charge in [-0.2, -0.15) is 4.68 Å². The van der Waals surface area contributed by atoms with Crippen molar-refractivity contribution in [3.63, 3.8) is 0 Å². The molecule has 3 aromatic carbocycles. The molecule has 0 N–H and O–H groups in total. The maximum atomic E-state index is 4.21. The summed E-state index contributed by atoms with van der Waals surface area (Å²) in [6.07, 6.45) is 0. The summed E-state index contributed by atoms with van der Waals surface area (Å²) in [6.45, 7) is 0. The third kappa shape index (κ3) is 1.97. The quantitative estimate of drug-likeness (QED) is 0.561. The molecule has 0 radical (unpaired) electrons. The van der Waals surface area contributed by atoms with Gasteiger partial charge in [-0.25, -0.2) is 0 Å². The zero-order chi connectivity index (χ0) is 14.1. The van der Waals surface area contributed by atoms with Gasteiger partial charge < -0.3 is 0 Å². The van der Waals surface area contributed by atoms with E-state index in [2.05, 4.69) is 33.7 Å². The van der Waals surface area contributed by atoms with E-state index in [0.29, 0.717) is 0 Å². The number of benzene rings is 3. The van der Waals surface area contributed by atoms with Gasteiger partial charge in [-0.1, -0.05) is 60.7 Å². The van der Waals surface area contributed by atoms with E-state index in [4.69, 9.17) is 0 Å². The van der Waals surface area contributed by atoms with Crippen LogP contribution in [0.2, 0.25) is 0 Å². The molecule has 0 aliphatic heterocycles. The summed E-state index contributed by atoms with van der Waals surface area (Å²) < 4.78 is 1.77. The third-order valence-electron chi connectivity index (χ3n) is 3.50. The van der Waals surface area contributed by atoms with Crippen molar-refractivity contribution in [1.29, 1.82) is 0 Å². The van der Waals surface area contributed by atoms with E-state index in [1.165, 1.54) is 5.39 Å². The number of aromatic nitrogens is 4. The van der Waals surface area contributed by atoms with E-state index < -0.39 is 0 Å². The summed E-state index contributed by atoms with van der Waals surface area (Å²) in [5.41, 5.74) is 1.98. The second kappa shape index (κ2) is 4.83. The summed E-state index contributed by atoms with van der Waals surface area (Å²) in [7, 11) is 0. The molecule has 21 heavy (non-hydrogen) atoms. The van der Waals surface area contributed by atoms with Crippen molar-refractivity contribution in [1.82, 2.24) is 20.2 Å². The first-order valence-corrected chi connectivity index (χ1v) is 6.75. The van der Waals surface area contributed by atoms with Crippen molar-refractivity contribution in [2.24, 2.45) is 0 Å². The maximum Gasteiger partial charge on any atom is 0.187 e. The predicted molar refractivity (Wildman–Crippen MR) is 82.1 cm³/mol. The smallest absolute Gasteiger partial charge is 0.187 e. The van der Waals surface area contributed by atoms with Gasteiger partial charge in [0.15, 0.2) is 5.82 Å². The first-order chi connectivity index (χ1) is 10.4. The molecule has 0 saturated carbocycles. The monoisotopic (exact) mass is 272 g/mol. The summed E-state index contributed by atoms with van der Waals surface area (Å²) in [5, 5.41) is 14.5. The molecule has 0 saturated heterocycles. The van der Waals surface area contributed by atoms with Crippen LogP contribution in [0.15, 0.2) is 72.8 Å². The van der Waals surface area contributed by atoms with Crippen molar-refractivity contribution in [2.45, 2.75) is 0 Å². The Morgan fingerprint density at radius 2 is 1.48 bits per heavy atom. The van der Waals surface area contributed by atoms with Gasteiger partial charge in [-0.3, -0.25) is 0 Å². The van der Waals surface area contributed by atoms with Crippen LogP contribution in [0.4, 0.5) is 0 Å². The van der Waals surface area contributed by atoms with Crippen LogP contribution in [-0.2, 0) is 0 Å². The molecule has 0 bridgehead atoms. The lowest BCUT2D eigenvalue weighted by molar-refractivity contribution is 0.791. The van der Waals surface area contributed by atoms with Gasteiger partial charge in [0.1, 0.15) is 0 Å². The molecule has 1 aromatic heterocycles. The highest BCUT2D eigenvalue weighted by molar-refractivity contribution is 5.95. The van der Waals surface area contributed by atoms with Crippen LogP contribution in [-0.4, -0.2) is 20.2 Å². The fourth-order valence-corrected chi connectivity index (χ4v) is 2.52. The molecule has 0 aliphatic carbocycles. The standard InChI is InChI=1S/C17H12N4/c1-2-9-14(10-3-1)21-17(18-19-20-21)16-12-6-8-13-7-4-5-11-15(13)16/h1-12H. The van der Waals surface area contributed by atoms with Gasteiger partial charge in [-0.05, 0) is 33.3 Å². The summed E-state index contributed by atoms with van der Waals surface area (Å²) in [5.74, 6) is 0.748. The molecule has 0 fully saturated rings. The van der Waals surface area contributed by atoms with Crippen LogP contribution in [0.5, 0.6) is 0 Å². The average Bonchev–Trinajstić information content (AvgIpc) is 3.04. The Morgan fingerprint density at radius 3 is 2.38 bits per heavy atom. The largest absolute Gasteiger partial charge is 0.193 e. The van der Waals surface area contributed by atoms with Crippen molar-refractivity contribution in [2.75, 3.05) is 0 Å². The molecule has 4 nitrogen and oxygen atoms in total. The molecule has 100 valence electrons. The van der Waals surface area contributed by atoms with Crippen LogP contribution in [0.25, 0.3) is 27.8 Å². The number of tetrazole rings is 1. The molecular weight excluding hydrogens is 260 g/mol. The van der Waals surface area contributed by atoms with Crippen molar-refractivity contribution < 1.29 is 0 Å². The topological polar surface area (TPSA) is 43.6 Å². The Morgan fingerprint density at radius 1 is 0.714 bits per heavy atom. The van der Waals surface area contributed by atoms with Crippen molar-refractivity contribution >= 4 is 10.8 Å². The van der Waals surface area contributed by atoms with Crippen LogP contribution >= 0.6 is 0 Å². The van der Waals surface area contributed by atoms with E-state index in [0.717, 1.165) is 22.5 Å². The van der Waals surface area contributed by atoms with Crippen LogP contribution in [0, 0.1) is 0 Å². The summed E-state index contributed by atoms with van der Waals surface area (Å²) >= 11 is 0. The van der Waals surface area contributed by atoms with Gasteiger partial charge in [0.2, 0.25) is 0 Å². The number of hydrogen-bond donors (Lipinski definition) is 0. The highest BCUT2D eigenvalue weighted by atomic mass is 15.5. The summed E-state index contributed by atoms with van der Waals surface area (Å²) in [6, 6.07) is 24.3. The fourth-order valence-electron chi connectivity index (χ4n) is 2.52. The first kappa shape index (κ1) is 11.8. The zero-order valence-electron chi connectivity index (χ0n) is 11.2. The van der Waals surface area contributed by atoms with E-state index in [1.54, 1.807) is 4.68 Å². The molecule has 0 spiro atoms. The number of rotatable bonds is 2. The SMILES string of the molecule is c1ccc(-n2nnnc2-c2cccc3ccccc23)cc1. The molecule has 0 amide bonds. The highest BCUT2D eigenvalue weighted by Crippen LogP contribution is 2.27. The second-order valence-electron chi connectivity index (χ2n) is 4.78. The van der Waals surface area contributed by atoms with E-state index in [1.807, 2.05) is 54.6 Å². The lowest BCUT2D eigenvalue weighted by atomic mass is 10.0. The maximum absolute atomic E-state index is 4.21. The molecule has 1 heterocycles. The number of nitrogens with zero attached hydrogens (tertiary/aromatic N) is 4. The zero-order valence-corrected chi connectivity index (χ0v) is 11.2. The van der Waals surface area contributed by atoms with Gasteiger partial charge in [0.05, 0.1) is 5.69 Å². The number of fused-ring (bicyclic) bond motifs is 1. The van der Waals surface area contributed by atoms with Crippen molar-refractivity contribution in [3.05, 3.63) is 72.8 Å². The predicted octanol–water partition coefficient (Wildman–Crippen LogP) is 3.48. The third-order valence-corrected chi connectivity index (χ3v) is 3.50. The van der Waals surface area contributed by atoms with E-state index >= 15 is 0 Å². The first-order valence-electron chi connectivity index (χ1n) is 6.75. The van der Waals surface area contributed by atoms with Crippen LogP contribution < -0.4 is 0 Å². The molecule has 0 unspecified atom stereocenters. The van der Waals surface area contributed by atoms with E-state index in [9.17, 15) is 0 Å². The molecule has 4 aromatic rings. The van der Waals surface area contributed by atoms with Gasteiger partial charge in [-0.15, -0.1) is 5.10 Å². The lowest BCUT2D eigenvalue weighted by Gasteiger charge is -2.07. The minimum absolute atomic E-state index is 0.748. The highest BCUT2D eigenvalue weighted by Gasteiger charge is 2.12. The Kier molecular flexibility index (Phi) is 2.71. The summed E-state index contributed by atoms with van der Waals surface area (Å²) in [4.78, 5) is 0. The Balaban J connectivity index is 1.97. The minimum atomic E-state index is 0.748. The normalized spacial score (nSPS) is 10.9. The van der Waals surface area contributed by atoms with Crippen LogP contribution in [0.1, 0.15) is 0 Å². The number of para-hydroxylation sites is 1. The van der Waals surface area contributed by atoms with Gasteiger partial charge in [0, 0.05) is 5.56 Å². The minimum Gasteiger partial charge on any atom is -0.193 e. The Bertz CT molecular complexity index is 891. The molecule has 0 atom stereocenters. The average molecular weight is 272 g/mol. The van der Waals surface area contributed by atoms with Crippen molar-refractivity contribution in [3.8, 4) is 17.1 Å². The molecule has 4 heteroatoms. The van der Waals surface area contributed by atoms with Gasteiger partial charge in [0.25, 0.3) is 0 Å². The lowest BCUT2D eigenvalue weighted by Crippen LogP contribution is -1.99. The Labute approximate surface area is 121 Å². The molecule has 0 aliphatic rings. The fraction of sp³-hybridized carbons (Fsp3) is 0. The molecular formula is C17H12N4.